The predicted octanol–water partition coefficient (Wildman–Crippen LogP) is 0.207. The first-order valence-electron chi connectivity index (χ1n) is 2.53. The molecule has 0 fully saturated rings. The van der Waals surface area contributed by atoms with Crippen LogP contribution in [-0.4, -0.2) is 34.1 Å². The predicted molar refractivity (Wildman–Crippen MR) is 42.5 cm³/mol. The van der Waals surface area contributed by atoms with Crippen LogP contribution >= 0.6 is 0 Å². The van der Waals surface area contributed by atoms with Crippen molar-refractivity contribution in [3.8, 4) is 0 Å². The maximum atomic E-state index is 10.2. The summed E-state index contributed by atoms with van der Waals surface area (Å²) >= 11 is 0. The zero-order chi connectivity index (χ0) is 6.85. The van der Waals surface area contributed by atoms with Crippen LogP contribution in [0.25, 0.3) is 0 Å². The molecular formula is C7H8MgO2. The van der Waals surface area contributed by atoms with E-state index in [0.29, 0.717) is 5.57 Å². The molecular weight excluding hydrogens is 140 g/mol. The highest BCUT2D eigenvalue weighted by atomic mass is 24.3. The first kappa shape index (κ1) is 9.46. The Hall–Kier alpha value is -0.544. The van der Waals surface area contributed by atoms with Gasteiger partial charge in [-0.15, -0.1) is 0 Å². The fourth-order valence-corrected chi connectivity index (χ4v) is 0.666. The van der Waals surface area contributed by atoms with Gasteiger partial charge in [-0.1, -0.05) is 18.7 Å². The molecule has 10 heavy (non-hydrogen) atoms. The maximum absolute atomic E-state index is 10.2. The zero-order valence-corrected chi connectivity index (χ0v) is 4.79. The van der Waals surface area contributed by atoms with E-state index >= 15 is 0 Å². The maximum Gasteiger partial charge on any atom is 0.336 e. The molecule has 0 bridgehead atoms. The van der Waals surface area contributed by atoms with Crippen molar-refractivity contribution in [3.63, 3.8) is 0 Å². The molecule has 0 unspecified atom stereocenters. The van der Waals surface area contributed by atoms with Crippen LogP contribution in [-0.2, 0) is 4.79 Å². The molecule has 0 saturated heterocycles. The van der Waals surface area contributed by atoms with Crippen LogP contribution in [0.5, 0.6) is 0 Å². The number of rotatable bonds is 1. The van der Waals surface area contributed by atoms with Gasteiger partial charge in [0.25, 0.3) is 0 Å². The fraction of sp³-hybridized carbons (Fsp3) is 0. The van der Waals surface area contributed by atoms with E-state index in [9.17, 15) is 4.79 Å². The summed E-state index contributed by atoms with van der Waals surface area (Å²) in [6.45, 7) is 3.52. The summed E-state index contributed by atoms with van der Waals surface area (Å²) in [5.74, 6) is -0.912. The summed E-state index contributed by atoms with van der Waals surface area (Å²) in [5.41, 5.74) is 0.859. The Bertz CT molecular complexity index is 226. The van der Waals surface area contributed by atoms with E-state index in [-0.39, 0.29) is 28.6 Å². The summed E-state index contributed by atoms with van der Waals surface area (Å²) in [5, 5.41) is 8.41. The summed E-state index contributed by atoms with van der Waals surface area (Å²) in [6.07, 6.45) is 4.87. The van der Waals surface area contributed by atoms with E-state index in [1.54, 1.807) is 12.2 Å². The summed E-state index contributed by atoms with van der Waals surface area (Å²) in [7, 11) is 0. The molecule has 0 amide bonds. The van der Waals surface area contributed by atoms with E-state index in [1.165, 1.54) is 6.08 Å². The van der Waals surface area contributed by atoms with Crippen molar-refractivity contribution in [3.05, 3.63) is 36.0 Å². The number of carboxylic acids is 1. The van der Waals surface area contributed by atoms with Crippen LogP contribution in [0.15, 0.2) is 36.0 Å². The Kier molecular flexibility index (Phi) is 3.39. The van der Waals surface area contributed by atoms with Crippen molar-refractivity contribution < 1.29 is 9.90 Å². The average Bonchev–Trinajstić information content (AvgIpc) is 2.13. The minimum atomic E-state index is -0.912. The lowest BCUT2D eigenvalue weighted by atomic mass is 10.2. The Morgan fingerprint density at radius 1 is 1.60 bits per heavy atom. The van der Waals surface area contributed by atoms with Crippen molar-refractivity contribution in [1.29, 1.82) is 0 Å². The lowest BCUT2D eigenvalue weighted by Crippen LogP contribution is -1.98. The van der Waals surface area contributed by atoms with Crippen LogP contribution in [0, 0.1) is 0 Å². The molecule has 2 nitrogen and oxygen atoms in total. The largest absolute Gasteiger partial charge is 0.478 e. The molecule has 50 valence electrons. The number of carbonyl (C=O) groups is 1. The monoisotopic (exact) mass is 148 g/mol. The van der Waals surface area contributed by atoms with E-state index < -0.39 is 5.97 Å². The molecule has 0 aromatic carbocycles. The first-order chi connectivity index (χ1) is 4.22. The number of carboxylic acid groups (broad SMARTS) is 1. The second-order valence-corrected chi connectivity index (χ2v) is 1.77. The van der Waals surface area contributed by atoms with Gasteiger partial charge in [0.1, 0.15) is 0 Å². The van der Waals surface area contributed by atoms with Gasteiger partial charge in [-0.05, 0) is 11.6 Å². The highest BCUT2D eigenvalue weighted by Crippen LogP contribution is 2.15. The molecule has 0 aliphatic heterocycles. The fourth-order valence-electron chi connectivity index (χ4n) is 0.666. The Balaban J connectivity index is 0.000000810. The summed E-state index contributed by atoms with van der Waals surface area (Å²) < 4.78 is 0. The van der Waals surface area contributed by atoms with Gasteiger partial charge < -0.3 is 5.11 Å². The molecule has 1 rings (SSSR count). The molecule has 1 N–H and O–H groups in total. The Morgan fingerprint density at radius 3 is 2.40 bits per heavy atom. The van der Waals surface area contributed by atoms with Crippen LogP contribution in [0.4, 0.5) is 0 Å². The van der Waals surface area contributed by atoms with Gasteiger partial charge in [0, 0.05) is 0 Å². The van der Waals surface area contributed by atoms with Crippen LogP contribution in [0.2, 0.25) is 0 Å². The molecule has 0 saturated carbocycles. The van der Waals surface area contributed by atoms with Crippen molar-refractivity contribution in [1.82, 2.24) is 0 Å². The quantitative estimate of drug-likeness (QED) is 0.540. The van der Waals surface area contributed by atoms with Crippen LogP contribution < -0.4 is 0 Å². The summed E-state index contributed by atoms with van der Waals surface area (Å²) in [4.78, 5) is 10.2. The molecule has 1 aliphatic carbocycles. The van der Waals surface area contributed by atoms with Crippen LogP contribution in [0.3, 0.4) is 0 Å². The second kappa shape index (κ2) is 3.58. The second-order valence-electron chi connectivity index (χ2n) is 1.77. The van der Waals surface area contributed by atoms with Crippen molar-refractivity contribution in [2.24, 2.45) is 0 Å². The van der Waals surface area contributed by atoms with Gasteiger partial charge in [0.15, 0.2) is 0 Å². The smallest absolute Gasteiger partial charge is 0.336 e. The topological polar surface area (TPSA) is 37.3 Å². The zero-order valence-electron chi connectivity index (χ0n) is 4.79. The minimum absolute atomic E-state index is 0. The first-order valence-corrected chi connectivity index (χ1v) is 2.53. The normalized spacial score (nSPS) is 14.4. The average molecular weight is 148 g/mol. The third-order valence-electron chi connectivity index (χ3n) is 1.14. The van der Waals surface area contributed by atoms with Gasteiger partial charge in [-0.3, -0.25) is 0 Å². The SMILES string of the molecule is C=C1C=CC=C1C(=O)O.[MgH2]. The van der Waals surface area contributed by atoms with Gasteiger partial charge in [0.05, 0.1) is 5.57 Å². The van der Waals surface area contributed by atoms with Gasteiger partial charge in [0.2, 0.25) is 0 Å². The molecule has 0 radical (unpaired) electrons. The van der Waals surface area contributed by atoms with Crippen molar-refractivity contribution in [2.45, 2.75) is 0 Å². The number of hydrogen-bond donors (Lipinski definition) is 1. The van der Waals surface area contributed by atoms with Crippen molar-refractivity contribution >= 4 is 29.0 Å². The van der Waals surface area contributed by atoms with Gasteiger partial charge >= 0.3 is 29.0 Å². The van der Waals surface area contributed by atoms with E-state index in [1.807, 2.05) is 0 Å². The lowest BCUT2D eigenvalue weighted by Gasteiger charge is -1.92. The lowest BCUT2D eigenvalue weighted by molar-refractivity contribution is -0.132. The summed E-state index contributed by atoms with van der Waals surface area (Å²) in [6, 6.07) is 0. The number of hydrogen-bond acceptors (Lipinski definition) is 1. The Morgan fingerprint density at radius 2 is 2.20 bits per heavy atom. The highest BCUT2D eigenvalue weighted by molar-refractivity contribution is 5.94. The van der Waals surface area contributed by atoms with Gasteiger partial charge in [-0.25, -0.2) is 4.79 Å². The number of allylic oxidation sites excluding steroid dienone is 3. The molecule has 0 spiro atoms. The Labute approximate surface area is 75.1 Å². The van der Waals surface area contributed by atoms with E-state index in [4.69, 9.17) is 5.11 Å². The van der Waals surface area contributed by atoms with E-state index in [0.717, 1.165) is 0 Å². The number of aliphatic carboxylic acids is 1. The minimum Gasteiger partial charge on any atom is -0.478 e. The molecule has 0 aromatic heterocycles. The third kappa shape index (κ3) is 1.72. The molecule has 3 heteroatoms. The van der Waals surface area contributed by atoms with E-state index in [2.05, 4.69) is 6.58 Å². The standard InChI is InChI=1S/C7H6O2.Mg.2H/c1-5-3-2-4-6(5)7(8)9;;;/h2-4H,1H2,(H,8,9);;;. The molecule has 0 aromatic rings. The highest BCUT2D eigenvalue weighted by Gasteiger charge is 2.10. The molecule has 0 atom stereocenters. The molecule has 1 aliphatic rings. The van der Waals surface area contributed by atoms with Gasteiger partial charge in [-0.2, -0.15) is 0 Å². The molecule has 0 heterocycles. The third-order valence-corrected chi connectivity index (χ3v) is 1.14. The van der Waals surface area contributed by atoms with Crippen LogP contribution in [0.1, 0.15) is 0 Å². The van der Waals surface area contributed by atoms with Crippen molar-refractivity contribution in [2.75, 3.05) is 0 Å².